The van der Waals surface area contributed by atoms with Gasteiger partial charge in [0.25, 0.3) is 0 Å². The summed E-state index contributed by atoms with van der Waals surface area (Å²) in [4.78, 5) is 22.4. The maximum atomic E-state index is 11.2. The molecule has 4 heteroatoms. The molecule has 0 saturated heterocycles. The van der Waals surface area contributed by atoms with Crippen LogP contribution in [-0.2, 0) is 19.1 Å². The molecule has 0 aliphatic heterocycles. The minimum Gasteiger partial charge on any atom is -0.431 e. The quantitative estimate of drug-likeness (QED) is 0.565. The number of rotatable bonds is 2. The highest BCUT2D eigenvalue weighted by atomic mass is 16.5. The predicted octanol–water partition coefficient (Wildman–Crippen LogP) is 2.33. The lowest BCUT2D eigenvalue weighted by Gasteiger charge is -2.32. The summed E-state index contributed by atoms with van der Waals surface area (Å²) in [5, 5.41) is 0. The van der Waals surface area contributed by atoms with Crippen molar-refractivity contribution in [3.63, 3.8) is 0 Å². The molecule has 0 N–H and O–H groups in total. The molecule has 0 spiro atoms. The standard InChI is InChI=1S/C15H16O4/c1-8(16)18-12-5-6-13(19-9(2)17)15-11-4-3-10(7-11)14(12)15/h3-6,10-11,14-15H,7H2,1-2H3/t10-,11+,14+,15-. The van der Waals surface area contributed by atoms with Gasteiger partial charge in [0.15, 0.2) is 0 Å². The first-order chi connectivity index (χ1) is 9.06. The Bertz CT molecular complexity index is 480. The van der Waals surface area contributed by atoms with Gasteiger partial charge in [-0.1, -0.05) is 12.2 Å². The second kappa shape index (κ2) is 4.37. The molecular weight excluding hydrogens is 244 g/mol. The summed E-state index contributed by atoms with van der Waals surface area (Å²) in [6, 6.07) is 0. The minimum atomic E-state index is -0.305. The smallest absolute Gasteiger partial charge is 0.307 e. The zero-order valence-corrected chi connectivity index (χ0v) is 11.0. The van der Waals surface area contributed by atoms with E-state index in [-0.39, 0.29) is 23.8 Å². The summed E-state index contributed by atoms with van der Waals surface area (Å²) in [5.41, 5.74) is 0. The van der Waals surface area contributed by atoms with Crippen LogP contribution >= 0.6 is 0 Å². The molecule has 3 rings (SSSR count). The first-order valence-electron chi connectivity index (χ1n) is 6.53. The van der Waals surface area contributed by atoms with E-state index in [0.717, 1.165) is 6.42 Å². The molecule has 0 radical (unpaired) electrons. The van der Waals surface area contributed by atoms with Crippen molar-refractivity contribution in [3.8, 4) is 0 Å². The lowest BCUT2D eigenvalue weighted by Crippen LogP contribution is -2.29. The van der Waals surface area contributed by atoms with E-state index in [4.69, 9.17) is 9.47 Å². The van der Waals surface area contributed by atoms with Crippen LogP contribution in [0, 0.1) is 23.7 Å². The largest absolute Gasteiger partial charge is 0.431 e. The fourth-order valence-electron chi connectivity index (χ4n) is 3.52. The maximum Gasteiger partial charge on any atom is 0.307 e. The Morgan fingerprint density at radius 2 is 1.37 bits per heavy atom. The third-order valence-corrected chi connectivity index (χ3v) is 4.05. The van der Waals surface area contributed by atoms with Crippen molar-refractivity contribution in [3.05, 3.63) is 35.8 Å². The third kappa shape index (κ3) is 2.01. The summed E-state index contributed by atoms with van der Waals surface area (Å²) < 4.78 is 10.6. The van der Waals surface area contributed by atoms with Crippen LogP contribution in [0.4, 0.5) is 0 Å². The number of fused-ring (bicyclic) bond motifs is 5. The number of ether oxygens (including phenoxy) is 2. The van der Waals surface area contributed by atoms with E-state index in [1.165, 1.54) is 13.8 Å². The monoisotopic (exact) mass is 260 g/mol. The van der Waals surface area contributed by atoms with Crippen LogP contribution in [0.25, 0.3) is 0 Å². The Morgan fingerprint density at radius 1 is 0.947 bits per heavy atom. The molecule has 2 bridgehead atoms. The molecule has 1 fully saturated rings. The van der Waals surface area contributed by atoms with Crippen molar-refractivity contribution in [2.24, 2.45) is 23.7 Å². The summed E-state index contributed by atoms with van der Waals surface area (Å²) in [5.74, 6) is 1.79. The summed E-state index contributed by atoms with van der Waals surface area (Å²) in [7, 11) is 0. The number of allylic oxidation sites excluding steroid dienone is 6. The number of carbonyl (C=O) groups excluding carboxylic acids is 2. The zero-order chi connectivity index (χ0) is 13.6. The molecule has 3 aliphatic rings. The molecule has 0 aromatic heterocycles. The Hall–Kier alpha value is -1.84. The molecule has 0 heterocycles. The van der Waals surface area contributed by atoms with E-state index in [9.17, 15) is 9.59 Å². The highest BCUT2D eigenvalue weighted by molar-refractivity contribution is 5.68. The molecule has 0 amide bonds. The molecule has 0 aromatic carbocycles. The van der Waals surface area contributed by atoms with Gasteiger partial charge in [0, 0.05) is 25.7 Å². The lowest BCUT2D eigenvalue weighted by atomic mass is 9.78. The van der Waals surface area contributed by atoms with Gasteiger partial charge in [-0.15, -0.1) is 0 Å². The summed E-state index contributed by atoms with van der Waals surface area (Å²) in [6.07, 6.45) is 8.91. The summed E-state index contributed by atoms with van der Waals surface area (Å²) >= 11 is 0. The molecular formula is C15H16O4. The molecule has 3 aliphatic carbocycles. The van der Waals surface area contributed by atoms with Crippen molar-refractivity contribution in [2.45, 2.75) is 20.3 Å². The summed E-state index contributed by atoms with van der Waals surface area (Å²) in [6.45, 7) is 2.81. The highest BCUT2D eigenvalue weighted by Gasteiger charge is 2.50. The van der Waals surface area contributed by atoms with E-state index in [2.05, 4.69) is 12.2 Å². The minimum absolute atomic E-state index is 0.123. The van der Waals surface area contributed by atoms with E-state index >= 15 is 0 Å². The van der Waals surface area contributed by atoms with Gasteiger partial charge < -0.3 is 9.47 Å². The van der Waals surface area contributed by atoms with Crippen LogP contribution in [0.15, 0.2) is 35.8 Å². The average Bonchev–Trinajstić information content (AvgIpc) is 2.91. The average molecular weight is 260 g/mol. The highest BCUT2D eigenvalue weighted by Crippen LogP contribution is 2.55. The van der Waals surface area contributed by atoms with Crippen molar-refractivity contribution in [2.75, 3.05) is 0 Å². The van der Waals surface area contributed by atoms with Gasteiger partial charge in [0.2, 0.25) is 0 Å². The van der Waals surface area contributed by atoms with Gasteiger partial charge in [-0.2, -0.15) is 0 Å². The molecule has 4 nitrogen and oxygen atoms in total. The molecule has 0 aromatic rings. The Morgan fingerprint density at radius 3 is 1.74 bits per heavy atom. The lowest BCUT2D eigenvalue weighted by molar-refractivity contribution is -0.140. The second-order valence-corrected chi connectivity index (χ2v) is 5.33. The fraction of sp³-hybridized carbons (Fsp3) is 0.467. The van der Waals surface area contributed by atoms with E-state index < -0.39 is 0 Å². The SMILES string of the molecule is CC(=O)OC1=CC=C(OC(C)=O)[C@H]2[C@@H]1[C@H]1C=C[C@@H]2C1. The number of carbonyl (C=O) groups is 2. The molecule has 0 unspecified atom stereocenters. The van der Waals surface area contributed by atoms with Gasteiger partial charge in [0.05, 0.1) is 0 Å². The molecule has 1 saturated carbocycles. The normalized spacial score (nSPS) is 34.4. The zero-order valence-electron chi connectivity index (χ0n) is 11.0. The third-order valence-electron chi connectivity index (χ3n) is 4.05. The van der Waals surface area contributed by atoms with Gasteiger partial charge in [-0.25, -0.2) is 0 Å². The Balaban J connectivity index is 1.94. The number of hydrogen-bond donors (Lipinski definition) is 0. The Labute approximate surface area is 111 Å². The van der Waals surface area contributed by atoms with Gasteiger partial charge in [-0.3, -0.25) is 9.59 Å². The van der Waals surface area contributed by atoms with Gasteiger partial charge in [0.1, 0.15) is 11.5 Å². The van der Waals surface area contributed by atoms with Crippen LogP contribution in [0.2, 0.25) is 0 Å². The first-order valence-corrected chi connectivity index (χ1v) is 6.53. The molecule has 4 atom stereocenters. The molecule has 100 valence electrons. The number of esters is 2. The van der Waals surface area contributed by atoms with E-state index in [0.29, 0.717) is 23.4 Å². The van der Waals surface area contributed by atoms with Crippen LogP contribution in [-0.4, -0.2) is 11.9 Å². The topological polar surface area (TPSA) is 52.6 Å². The molecule has 19 heavy (non-hydrogen) atoms. The number of hydrogen-bond acceptors (Lipinski definition) is 4. The first kappa shape index (κ1) is 12.2. The van der Waals surface area contributed by atoms with Gasteiger partial charge in [-0.05, 0) is 30.4 Å². The maximum absolute atomic E-state index is 11.2. The van der Waals surface area contributed by atoms with Crippen molar-refractivity contribution in [1.82, 2.24) is 0 Å². The van der Waals surface area contributed by atoms with Crippen LogP contribution in [0.1, 0.15) is 20.3 Å². The Kier molecular flexibility index (Phi) is 2.81. The van der Waals surface area contributed by atoms with E-state index in [1.54, 1.807) is 12.2 Å². The van der Waals surface area contributed by atoms with E-state index in [1.807, 2.05) is 0 Å². The second-order valence-electron chi connectivity index (χ2n) is 5.33. The predicted molar refractivity (Wildman–Crippen MR) is 67.4 cm³/mol. The van der Waals surface area contributed by atoms with Crippen LogP contribution < -0.4 is 0 Å². The van der Waals surface area contributed by atoms with Crippen molar-refractivity contribution in [1.29, 1.82) is 0 Å². The van der Waals surface area contributed by atoms with Crippen LogP contribution in [0.3, 0.4) is 0 Å². The van der Waals surface area contributed by atoms with Crippen molar-refractivity contribution < 1.29 is 19.1 Å². The van der Waals surface area contributed by atoms with Crippen LogP contribution in [0.5, 0.6) is 0 Å². The fourth-order valence-corrected chi connectivity index (χ4v) is 3.52. The van der Waals surface area contributed by atoms with Gasteiger partial charge >= 0.3 is 11.9 Å². The van der Waals surface area contributed by atoms with Crippen molar-refractivity contribution >= 4 is 11.9 Å².